The Morgan fingerprint density at radius 1 is 1.35 bits per heavy atom. The van der Waals surface area contributed by atoms with Crippen LogP contribution in [0.15, 0.2) is 41.0 Å². The summed E-state index contributed by atoms with van der Waals surface area (Å²) in [6, 6.07) is 8.04. The molecule has 0 fully saturated rings. The minimum Gasteiger partial charge on any atom is -0.360 e. The summed E-state index contributed by atoms with van der Waals surface area (Å²) in [5, 5.41) is 10.6. The Morgan fingerprint density at radius 3 is 3.00 bits per heavy atom. The molecule has 0 aliphatic rings. The van der Waals surface area contributed by atoms with E-state index in [4.69, 9.17) is 5.14 Å². The number of nitrogens with one attached hydrogen (secondary N) is 1. The van der Waals surface area contributed by atoms with Crippen LogP contribution in [0.5, 0.6) is 0 Å². The number of nitrogens with two attached hydrogens (primary N) is 1. The van der Waals surface area contributed by atoms with E-state index >= 15 is 0 Å². The molecular formula is C12H9N5OS2. The van der Waals surface area contributed by atoms with Crippen molar-refractivity contribution >= 4 is 38.2 Å². The van der Waals surface area contributed by atoms with Crippen LogP contribution in [0.3, 0.4) is 0 Å². The predicted molar refractivity (Wildman–Crippen MR) is 78.8 cm³/mol. The van der Waals surface area contributed by atoms with Crippen molar-refractivity contribution < 1.29 is 4.21 Å². The Bertz CT molecular complexity index is 920. The fourth-order valence-electron chi connectivity index (χ4n) is 2.18. The molecule has 0 aliphatic carbocycles. The molecule has 3 heterocycles. The second kappa shape index (κ2) is 4.23. The van der Waals surface area contributed by atoms with Gasteiger partial charge in [0.05, 0.1) is 11.9 Å². The zero-order valence-corrected chi connectivity index (χ0v) is 11.7. The van der Waals surface area contributed by atoms with Gasteiger partial charge in [-0.25, -0.2) is 18.8 Å². The van der Waals surface area contributed by atoms with Crippen molar-refractivity contribution in [3.05, 3.63) is 36.7 Å². The number of H-pyrrole nitrogens is 1. The minimum absolute atomic E-state index is 0.373. The molecule has 0 radical (unpaired) electrons. The average molecular weight is 303 g/mol. The first-order valence-corrected chi connectivity index (χ1v) is 7.84. The van der Waals surface area contributed by atoms with Gasteiger partial charge in [0.15, 0.2) is 11.0 Å². The third-order valence-electron chi connectivity index (χ3n) is 3.06. The molecule has 4 rings (SSSR count). The van der Waals surface area contributed by atoms with Gasteiger partial charge in [-0.05, 0) is 6.07 Å². The molecular weight excluding hydrogens is 294 g/mol. The van der Waals surface area contributed by atoms with Gasteiger partial charge in [0, 0.05) is 22.7 Å². The molecule has 1 unspecified atom stereocenters. The highest BCUT2D eigenvalue weighted by Crippen LogP contribution is 2.29. The van der Waals surface area contributed by atoms with Crippen LogP contribution in [0.2, 0.25) is 0 Å². The van der Waals surface area contributed by atoms with Crippen molar-refractivity contribution in [3.63, 3.8) is 0 Å². The zero-order valence-electron chi connectivity index (χ0n) is 10.1. The fraction of sp³-hybridized carbons (Fsp3) is 0. The maximum absolute atomic E-state index is 11.2. The van der Waals surface area contributed by atoms with Crippen molar-refractivity contribution in [2.24, 2.45) is 5.14 Å². The van der Waals surface area contributed by atoms with Gasteiger partial charge in [0.2, 0.25) is 9.30 Å². The Kier molecular flexibility index (Phi) is 2.49. The van der Waals surface area contributed by atoms with Crippen LogP contribution in [-0.4, -0.2) is 23.8 Å². The predicted octanol–water partition coefficient (Wildman–Crippen LogP) is 1.92. The average Bonchev–Trinajstić information content (AvgIpc) is 3.09. The van der Waals surface area contributed by atoms with E-state index in [1.165, 1.54) is 11.3 Å². The number of rotatable bonds is 2. The Hall–Kier alpha value is -2.03. The number of nitrogens with zero attached hydrogens (tertiary/aromatic N) is 3. The van der Waals surface area contributed by atoms with Gasteiger partial charge in [-0.15, -0.1) is 5.10 Å². The Morgan fingerprint density at radius 2 is 2.20 bits per heavy atom. The van der Waals surface area contributed by atoms with Gasteiger partial charge in [0.25, 0.3) is 0 Å². The third-order valence-corrected chi connectivity index (χ3v) is 4.95. The summed E-state index contributed by atoms with van der Waals surface area (Å²) in [4.78, 5) is 8.41. The highest BCUT2D eigenvalue weighted by molar-refractivity contribution is 7.85. The van der Waals surface area contributed by atoms with E-state index in [-0.39, 0.29) is 0 Å². The van der Waals surface area contributed by atoms with E-state index in [1.807, 2.05) is 36.7 Å². The van der Waals surface area contributed by atoms with Crippen molar-refractivity contribution in [3.8, 4) is 11.3 Å². The Balaban J connectivity index is 1.89. The maximum Gasteiger partial charge on any atom is 0.219 e. The lowest BCUT2D eigenvalue weighted by Gasteiger charge is -1.92. The van der Waals surface area contributed by atoms with E-state index in [1.54, 1.807) is 4.52 Å². The fourth-order valence-corrected chi connectivity index (χ4v) is 3.51. The summed E-state index contributed by atoms with van der Waals surface area (Å²) in [6.45, 7) is 0. The summed E-state index contributed by atoms with van der Waals surface area (Å²) in [7, 11) is -1.57. The first kappa shape index (κ1) is 11.8. The number of aromatic amines is 1. The smallest absolute Gasteiger partial charge is 0.219 e. The monoisotopic (exact) mass is 303 g/mol. The molecule has 6 nitrogen and oxygen atoms in total. The lowest BCUT2D eigenvalue weighted by molar-refractivity contribution is 0.681. The van der Waals surface area contributed by atoms with Crippen molar-refractivity contribution in [2.45, 2.75) is 4.34 Å². The van der Waals surface area contributed by atoms with Crippen LogP contribution in [-0.2, 0) is 11.0 Å². The molecule has 0 saturated carbocycles. The molecule has 0 spiro atoms. The highest BCUT2D eigenvalue weighted by atomic mass is 32.2. The molecule has 1 aromatic carbocycles. The molecule has 20 heavy (non-hydrogen) atoms. The maximum atomic E-state index is 11.2. The lowest BCUT2D eigenvalue weighted by atomic mass is 10.1. The second-order valence-corrected chi connectivity index (χ2v) is 6.46. The summed E-state index contributed by atoms with van der Waals surface area (Å²) in [5.41, 5.74) is 2.92. The number of fused-ring (bicyclic) bond motifs is 2. The van der Waals surface area contributed by atoms with Crippen LogP contribution in [0.1, 0.15) is 0 Å². The van der Waals surface area contributed by atoms with Gasteiger partial charge >= 0.3 is 0 Å². The van der Waals surface area contributed by atoms with Gasteiger partial charge in [-0.1, -0.05) is 29.5 Å². The number of para-hydroxylation sites is 1. The lowest BCUT2D eigenvalue weighted by Crippen LogP contribution is -2.02. The van der Waals surface area contributed by atoms with Crippen LogP contribution in [0, 0.1) is 0 Å². The number of hydrogen-bond donors (Lipinski definition) is 2. The molecule has 8 heteroatoms. The van der Waals surface area contributed by atoms with Gasteiger partial charge in [-0.3, -0.25) is 0 Å². The molecule has 0 bridgehead atoms. The van der Waals surface area contributed by atoms with Crippen molar-refractivity contribution in [1.29, 1.82) is 0 Å². The first-order valence-electron chi connectivity index (χ1n) is 5.81. The molecule has 0 aliphatic heterocycles. The summed E-state index contributed by atoms with van der Waals surface area (Å²) >= 11 is 1.23. The second-order valence-electron chi connectivity index (χ2n) is 4.27. The van der Waals surface area contributed by atoms with E-state index < -0.39 is 11.0 Å². The Labute approximate surface area is 119 Å². The largest absolute Gasteiger partial charge is 0.360 e. The quantitative estimate of drug-likeness (QED) is 0.593. The number of hydrogen-bond acceptors (Lipinski definition) is 4. The molecule has 0 saturated heterocycles. The molecule has 0 amide bonds. The minimum atomic E-state index is -1.57. The molecule has 3 aromatic heterocycles. The summed E-state index contributed by atoms with van der Waals surface area (Å²) in [5.74, 6) is 0. The van der Waals surface area contributed by atoms with Crippen LogP contribution >= 0.6 is 11.3 Å². The zero-order chi connectivity index (χ0) is 13.7. The van der Waals surface area contributed by atoms with Crippen LogP contribution in [0.25, 0.3) is 27.1 Å². The summed E-state index contributed by atoms with van der Waals surface area (Å²) < 4.78 is 13.2. The summed E-state index contributed by atoms with van der Waals surface area (Å²) in [6.07, 6.45) is 3.75. The molecule has 100 valence electrons. The molecule has 3 N–H and O–H groups in total. The van der Waals surface area contributed by atoms with E-state index in [0.717, 1.165) is 22.2 Å². The third kappa shape index (κ3) is 1.69. The van der Waals surface area contributed by atoms with E-state index in [0.29, 0.717) is 9.30 Å². The number of benzene rings is 1. The molecule has 1 atom stereocenters. The van der Waals surface area contributed by atoms with E-state index in [9.17, 15) is 4.21 Å². The van der Waals surface area contributed by atoms with Crippen molar-refractivity contribution in [2.75, 3.05) is 0 Å². The van der Waals surface area contributed by atoms with Gasteiger partial charge in [0.1, 0.15) is 0 Å². The van der Waals surface area contributed by atoms with Gasteiger partial charge in [-0.2, -0.15) is 0 Å². The van der Waals surface area contributed by atoms with E-state index in [2.05, 4.69) is 15.1 Å². The first-order chi connectivity index (χ1) is 9.72. The number of aromatic nitrogens is 4. The van der Waals surface area contributed by atoms with Crippen molar-refractivity contribution in [1.82, 2.24) is 19.6 Å². The normalized spacial score (nSPS) is 13.2. The SMILES string of the molecule is NS(=O)c1nn2cc(-c3c[nH]c4ccccc34)nc2s1. The van der Waals surface area contributed by atoms with Gasteiger partial charge < -0.3 is 4.98 Å². The standard InChI is InChI=1S/C12H9N5OS2/c13-20(18)12-16-17-6-10(15-11(17)19-12)8-5-14-9-4-2-1-3-7(8)9/h1-6,14H,13H2. The highest BCUT2D eigenvalue weighted by Gasteiger charge is 2.14. The number of imidazole rings is 1. The van der Waals surface area contributed by atoms with Crippen LogP contribution in [0.4, 0.5) is 0 Å². The topological polar surface area (TPSA) is 89.1 Å². The molecule has 4 aromatic rings. The van der Waals surface area contributed by atoms with Crippen LogP contribution < -0.4 is 5.14 Å².